The molecule has 0 spiro atoms. The summed E-state index contributed by atoms with van der Waals surface area (Å²) in [5.41, 5.74) is 0.939. The van der Waals surface area contributed by atoms with E-state index in [2.05, 4.69) is 4.98 Å². The number of carbonyl (C=O) groups is 4. The number of amides is 2. The van der Waals surface area contributed by atoms with Crippen LogP contribution in [0.15, 0.2) is 18.5 Å². The van der Waals surface area contributed by atoms with Gasteiger partial charge >= 0.3 is 11.9 Å². The van der Waals surface area contributed by atoms with Crippen LogP contribution in [0.1, 0.15) is 36.2 Å². The smallest absolute Gasteiger partial charge is 0.339 e. The van der Waals surface area contributed by atoms with Crippen LogP contribution in [0.5, 0.6) is 0 Å². The number of carbonyl (C=O) groups excluding carboxylic acids is 4. The highest BCUT2D eigenvalue weighted by molar-refractivity contribution is 6.05. The van der Waals surface area contributed by atoms with Crippen molar-refractivity contribution in [3.8, 4) is 0 Å². The van der Waals surface area contributed by atoms with Crippen molar-refractivity contribution in [2.75, 3.05) is 19.8 Å². The highest BCUT2D eigenvalue weighted by Gasteiger charge is 2.39. The molecule has 1 aliphatic rings. The maximum absolute atomic E-state index is 12.4. The molecule has 0 bridgehead atoms. The molecular formula is C17H20N2O6. The number of rotatable bonds is 7. The van der Waals surface area contributed by atoms with Gasteiger partial charge in [-0.25, -0.2) is 4.79 Å². The van der Waals surface area contributed by atoms with Gasteiger partial charge in [0.15, 0.2) is 0 Å². The van der Waals surface area contributed by atoms with Gasteiger partial charge in [-0.3, -0.25) is 24.3 Å². The summed E-state index contributed by atoms with van der Waals surface area (Å²) < 4.78 is 9.69. The first-order valence-electron chi connectivity index (χ1n) is 8.07. The van der Waals surface area contributed by atoms with Gasteiger partial charge in [0, 0.05) is 18.8 Å². The summed E-state index contributed by atoms with van der Waals surface area (Å²) in [6, 6.07) is 1.59. The summed E-state index contributed by atoms with van der Waals surface area (Å²) >= 11 is 0. The second-order valence-electron chi connectivity index (χ2n) is 5.53. The zero-order valence-electron chi connectivity index (χ0n) is 14.2. The summed E-state index contributed by atoms with van der Waals surface area (Å²) in [5, 5.41) is 0. The van der Waals surface area contributed by atoms with Crippen LogP contribution in [0.25, 0.3) is 0 Å². The number of esters is 2. The van der Waals surface area contributed by atoms with Gasteiger partial charge in [0.25, 0.3) is 0 Å². The Balaban J connectivity index is 2.05. The van der Waals surface area contributed by atoms with Gasteiger partial charge in [-0.15, -0.1) is 0 Å². The molecule has 0 saturated carbocycles. The van der Waals surface area contributed by atoms with Crippen LogP contribution in [0.4, 0.5) is 0 Å². The summed E-state index contributed by atoms with van der Waals surface area (Å²) in [7, 11) is 0. The molecule has 1 atom stereocenters. The fraction of sp³-hybridized carbons (Fsp3) is 0.471. The SMILES string of the molecule is CCOC(=O)CN1C(=O)CC(Cc2cncc(C(=O)OCC)c2)C1=O. The highest BCUT2D eigenvalue weighted by atomic mass is 16.5. The van der Waals surface area contributed by atoms with E-state index >= 15 is 0 Å². The highest BCUT2D eigenvalue weighted by Crippen LogP contribution is 2.23. The number of ether oxygens (including phenoxy) is 2. The Morgan fingerprint density at radius 3 is 2.60 bits per heavy atom. The third-order valence-electron chi connectivity index (χ3n) is 3.72. The van der Waals surface area contributed by atoms with Crippen LogP contribution < -0.4 is 0 Å². The fourth-order valence-corrected chi connectivity index (χ4v) is 2.62. The Bertz CT molecular complexity index is 687. The second-order valence-corrected chi connectivity index (χ2v) is 5.53. The summed E-state index contributed by atoms with van der Waals surface area (Å²) in [6.45, 7) is 3.42. The van der Waals surface area contributed by atoms with E-state index in [0.29, 0.717) is 11.1 Å². The third-order valence-corrected chi connectivity index (χ3v) is 3.72. The molecule has 0 aliphatic carbocycles. The molecule has 134 valence electrons. The minimum absolute atomic E-state index is 0.0157. The predicted octanol–water partition coefficient (Wildman–Crippen LogP) is 0.739. The van der Waals surface area contributed by atoms with Crippen molar-refractivity contribution in [2.45, 2.75) is 26.7 Å². The van der Waals surface area contributed by atoms with Gasteiger partial charge in [0.1, 0.15) is 6.54 Å². The van der Waals surface area contributed by atoms with Crippen molar-refractivity contribution in [1.29, 1.82) is 0 Å². The number of pyridine rings is 1. The van der Waals surface area contributed by atoms with Gasteiger partial charge in [-0.05, 0) is 31.9 Å². The van der Waals surface area contributed by atoms with Crippen molar-refractivity contribution >= 4 is 23.8 Å². The maximum atomic E-state index is 12.4. The Labute approximate surface area is 145 Å². The Morgan fingerprint density at radius 2 is 1.92 bits per heavy atom. The molecule has 0 radical (unpaired) electrons. The lowest BCUT2D eigenvalue weighted by Gasteiger charge is -2.14. The predicted molar refractivity (Wildman–Crippen MR) is 85.4 cm³/mol. The standard InChI is InChI=1S/C17H20N2O6/c1-3-24-15(21)10-19-14(20)7-12(16(19)22)5-11-6-13(9-18-8-11)17(23)25-4-2/h6,8-9,12H,3-5,7,10H2,1-2H3. The molecule has 0 N–H and O–H groups in total. The molecule has 1 unspecified atom stereocenters. The zero-order valence-corrected chi connectivity index (χ0v) is 14.2. The first-order valence-corrected chi connectivity index (χ1v) is 8.07. The molecule has 8 heteroatoms. The fourth-order valence-electron chi connectivity index (χ4n) is 2.62. The summed E-state index contributed by atoms with van der Waals surface area (Å²) in [6.07, 6.45) is 3.19. The Kier molecular flexibility index (Phi) is 6.21. The van der Waals surface area contributed by atoms with E-state index in [-0.39, 0.29) is 32.6 Å². The van der Waals surface area contributed by atoms with Crippen molar-refractivity contribution in [2.24, 2.45) is 5.92 Å². The van der Waals surface area contributed by atoms with Crippen molar-refractivity contribution in [1.82, 2.24) is 9.88 Å². The van der Waals surface area contributed by atoms with E-state index < -0.39 is 29.7 Å². The summed E-state index contributed by atoms with van der Waals surface area (Å²) in [5.74, 6) is -2.51. The van der Waals surface area contributed by atoms with Gasteiger partial charge in [0.05, 0.1) is 24.7 Å². The minimum atomic E-state index is -0.615. The van der Waals surface area contributed by atoms with Gasteiger partial charge in [0.2, 0.25) is 11.8 Å². The molecule has 1 aliphatic heterocycles. The van der Waals surface area contributed by atoms with E-state index in [1.165, 1.54) is 12.4 Å². The lowest BCUT2D eigenvalue weighted by atomic mass is 9.98. The van der Waals surface area contributed by atoms with Crippen molar-refractivity contribution in [3.05, 3.63) is 29.6 Å². The van der Waals surface area contributed by atoms with Gasteiger partial charge in [-0.2, -0.15) is 0 Å². The number of aromatic nitrogens is 1. The maximum Gasteiger partial charge on any atom is 0.339 e. The monoisotopic (exact) mass is 348 g/mol. The van der Waals surface area contributed by atoms with Crippen LogP contribution >= 0.6 is 0 Å². The van der Waals surface area contributed by atoms with E-state index in [0.717, 1.165) is 4.90 Å². The molecule has 2 heterocycles. The van der Waals surface area contributed by atoms with Crippen LogP contribution in [0.3, 0.4) is 0 Å². The molecule has 25 heavy (non-hydrogen) atoms. The van der Waals surface area contributed by atoms with E-state index in [1.54, 1.807) is 19.9 Å². The number of hydrogen-bond acceptors (Lipinski definition) is 7. The molecule has 1 saturated heterocycles. The van der Waals surface area contributed by atoms with Crippen LogP contribution in [0.2, 0.25) is 0 Å². The number of imide groups is 1. The Hall–Kier alpha value is -2.77. The number of nitrogens with zero attached hydrogens (tertiary/aromatic N) is 2. The third kappa shape index (κ3) is 4.62. The normalized spacial score (nSPS) is 16.9. The second kappa shape index (κ2) is 8.36. The lowest BCUT2D eigenvalue weighted by Crippen LogP contribution is -2.36. The lowest BCUT2D eigenvalue weighted by molar-refractivity contribution is -0.152. The van der Waals surface area contributed by atoms with E-state index in [9.17, 15) is 19.2 Å². The minimum Gasteiger partial charge on any atom is -0.465 e. The number of likely N-dealkylation sites (tertiary alicyclic amines) is 1. The van der Waals surface area contributed by atoms with Crippen molar-refractivity contribution < 1.29 is 28.7 Å². The van der Waals surface area contributed by atoms with Crippen LogP contribution in [0, 0.1) is 5.92 Å². The largest absolute Gasteiger partial charge is 0.465 e. The molecule has 1 aromatic heterocycles. The number of hydrogen-bond donors (Lipinski definition) is 0. The van der Waals surface area contributed by atoms with E-state index in [4.69, 9.17) is 9.47 Å². The molecule has 2 rings (SSSR count). The topological polar surface area (TPSA) is 103 Å². The molecular weight excluding hydrogens is 328 g/mol. The molecule has 8 nitrogen and oxygen atoms in total. The average Bonchev–Trinajstić information content (AvgIpc) is 2.83. The van der Waals surface area contributed by atoms with E-state index in [1.807, 2.05) is 0 Å². The first kappa shape index (κ1) is 18.6. The molecule has 0 aromatic carbocycles. The molecule has 1 aromatic rings. The average molecular weight is 348 g/mol. The van der Waals surface area contributed by atoms with Crippen molar-refractivity contribution in [3.63, 3.8) is 0 Å². The van der Waals surface area contributed by atoms with Crippen LogP contribution in [-0.2, 0) is 30.3 Å². The zero-order chi connectivity index (χ0) is 18.4. The summed E-state index contributed by atoms with van der Waals surface area (Å²) in [4.78, 5) is 52.5. The van der Waals surface area contributed by atoms with Gasteiger partial charge < -0.3 is 9.47 Å². The quantitative estimate of drug-likeness (QED) is 0.529. The van der Waals surface area contributed by atoms with Gasteiger partial charge in [-0.1, -0.05) is 0 Å². The first-order chi connectivity index (χ1) is 12.0. The van der Waals surface area contributed by atoms with Crippen LogP contribution in [-0.4, -0.2) is 53.4 Å². The molecule has 2 amide bonds. The molecule has 1 fully saturated rings. The Morgan fingerprint density at radius 1 is 1.20 bits per heavy atom.